The lowest BCUT2D eigenvalue weighted by Crippen LogP contribution is -2.22. The number of ketones is 1. The smallest absolute Gasteiger partial charge is 0.339 e. The predicted molar refractivity (Wildman–Crippen MR) is 99.5 cm³/mol. The number of ether oxygens (including phenoxy) is 1. The van der Waals surface area contributed by atoms with Crippen molar-refractivity contribution in [3.05, 3.63) is 87.6 Å². The summed E-state index contributed by atoms with van der Waals surface area (Å²) in [5.74, 6) is -3.74. The predicted octanol–water partition coefficient (Wildman–Crippen LogP) is 4.05. The van der Waals surface area contributed by atoms with E-state index in [-0.39, 0.29) is 22.6 Å². The van der Waals surface area contributed by atoms with Crippen LogP contribution in [0.1, 0.15) is 25.6 Å². The third kappa shape index (κ3) is 4.47. The van der Waals surface area contributed by atoms with Crippen molar-refractivity contribution in [3.8, 4) is 0 Å². The van der Waals surface area contributed by atoms with Crippen LogP contribution in [0, 0.1) is 11.6 Å². The maximum absolute atomic E-state index is 13.6. The summed E-state index contributed by atoms with van der Waals surface area (Å²) in [4.78, 5) is 37.2. The highest BCUT2D eigenvalue weighted by Gasteiger charge is 2.20. The van der Waals surface area contributed by atoms with Gasteiger partial charge in [0.1, 0.15) is 11.6 Å². The molecule has 0 fully saturated rings. The second kappa shape index (κ2) is 8.53. The molecule has 0 aliphatic carbocycles. The zero-order chi connectivity index (χ0) is 20.1. The molecule has 0 radical (unpaired) electrons. The lowest BCUT2D eigenvalue weighted by Gasteiger charge is -2.09. The van der Waals surface area contributed by atoms with E-state index in [1.54, 1.807) is 29.6 Å². The van der Waals surface area contributed by atoms with E-state index < -0.39 is 30.1 Å². The van der Waals surface area contributed by atoms with E-state index in [4.69, 9.17) is 4.74 Å². The van der Waals surface area contributed by atoms with Crippen molar-refractivity contribution in [2.75, 3.05) is 11.9 Å². The van der Waals surface area contributed by atoms with Crippen LogP contribution in [0.5, 0.6) is 0 Å². The summed E-state index contributed by atoms with van der Waals surface area (Å²) < 4.78 is 31.4. The van der Waals surface area contributed by atoms with Gasteiger partial charge in [0.05, 0.1) is 16.1 Å². The van der Waals surface area contributed by atoms with Crippen molar-refractivity contribution < 1.29 is 27.9 Å². The topological polar surface area (TPSA) is 72.5 Å². The fraction of sp³-hybridized carbons (Fsp3) is 0.0500. The Morgan fingerprint density at radius 3 is 2.39 bits per heavy atom. The fourth-order valence-electron chi connectivity index (χ4n) is 2.39. The van der Waals surface area contributed by atoms with Gasteiger partial charge < -0.3 is 10.1 Å². The highest BCUT2D eigenvalue weighted by atomic mass is 32.1. The Bertz CT molecular complexity index is 1030. The van der Waals surface area contributed by atoms with Gasteiger partial charge in [-0.3, -0.25) is 9.59 Å². The van der Waals surface area contributed by atoms with Crippen molar-refractivity contribution >= 4 is 34.7 Å². The molecule has 0 bridgehead atoms. The molecule has 5 nitrogen and oxygen atoms in total. The summed E-state index contributed by atoms with van der Waals surface area (Å²) >= 11 is 1.24. The summed E-state index contributed by atoms with van der Waals surface area (Å²) in [5.41, 5.74) is -0.0719. The molecule has 3 rings (SSSR count). The van der Waals surface area contributed by atoms with Crippen LogP contribution in [0.25, 0.3) is 0 Å². The second-order valence-electron chi connectivity index (χ2n) is 5.60. The van der Waals surface area contributed by atoms with Crippen molar-refractivity contribution in [2.24, 2.45) is 0 Å². The minimum atomic E-state index is -0.952. The van der Waals surface area contributed by atoms with Gasteiger partial charge in [-0.05, 0) is 29.6 Å². The van der Waals surface area contributed by atoms with E-state index in [1.807, 2.05) is 0 Å². The summed E-state index contributed by atoms with van der Waals surface area (Å²) in [6.07, 6.45) is 0. The first-order chi connectivity index (χ1) is 13.5. The molecular formula is C20H13F2NO4S. The largest absolute Gasteiger partial charge is 0.452 e. The second-order valence-corrected chi connectivity index (χ2v) is 6.55. The molecule has 0 unspecified atom stereocenters. The highest BCUT2D eigenvalue weighted by Crippen LogP contribution is 2.19. The van der Waals surface area contributed by atoms with Gasteiger partial charge >= 0.3 is 5.97 Å². The van der Waals surface area contributed by atoms with Crippen molar-refractivity contribution in [1.82, 2.24) is 0 Å². The number of amides is 1. The maximum Gasteiger partial charge on any atom is 0.339 e. The molecule has 2 aromatic carbocycles. The van der Waals surface area contributed by atoms with Gasteiger partial charge in [-0.1, -0.05) is 24.3 Å². The number of esters is 1. The summed E-state index contributed by atoms with van der Waals surface area (Å²) in [6, 6.07) is 12.1. The van der Waals surface area contributed by atoms with Crippen molar-refractivity contribution in [2.45, 2.75) is 0 Å². The number of carbonyl (C=O) groups is 3. The molecule has 28 heavy (non-hydrogen) atoms. The van der Waals surface area contributed by atoms with Gasteiger partial charge in [0.25, 0.3) is 5.91 Å². The monoisotopic (exact) mass is 401 g/mol. The molecule has 0 atom stereocenters. The zero-order valence-electron chi connectivity index (χ0n) is 14.3. The van der Waals surface area contributed by atoms with Gasteiger partial charge in [0.2, 0.25) is 5.78 Å². The molecule has 0 saturated heterocycles. The van der Waals surface area contributed by atoms with Crippen LogP contribution < -0.4 is 5.32 Å². The standard InChI is InChI=1S/C20H13F2NO4S/c21-12-7-8-16(15(22)10-12)23-18(24)11-27-20(26)14-5-2-1-4-13(14)19(25)17-6-3-9-28-17/h1-10H,11H2,(H,23,24). The Kier molecular flexibility index (Phi) is 5.90. The van der Waals surface area contributed by atoms with Crippen LogP contribution in [-0.4, -0.2) is 24.3 Å². The Hall–Kier alpha value is -3.39. The van der Waals surface area contributed by atoms with Gasteiger partial charge in [0, 0.05) is 11.6 Å². The Labute approximate surface area is 162 Å². The number of rotatable bonds is 6. The normalized spacial score (nSPS) is 10.4. The summed E-state index contributed by atoms with van der Waals surface area (Å²) in [6.45, 7) is -0.697. The number of hydrogen-bond donors (Lipinski definition) is 1. The number of hydrogen-bond acceptors (Lipinski definition) is 5. The fourth-order valence-corrected chi connectivity index (χ4v) is 3.06. The SMILES string of the molecule is O=C(COC(=O)c1ccccc1C(=O)c1cccs1)Nc1ccc(F)cc1F. The minimum Gasteiger partial charge on any atom is -0.452 e. The molecule has 1 heterocycles. The maximum atomic E-state index is 13.6. The number of nitrogens with one attached hydrogen (secondary N) is 1. The third-order valence-corrected chi connectivity index (χ3v) is 4.54. The highest BCUT2D eigenvalue weighted by molar-refractivity contribution is 7.12. The van der Waals surface area contributed by atoms with Gasteiger partial charge in [-0.2, -0.15) is 0 Å². The molecule has 0 saturated carbocycles. The molecule has 0 spiro atoms. The molecule has 1 amide bonds. The molecule has 142 valence electrons. The molecule has 8 heteroatoms. The van der Waals surface area contributed by atoms with E-state index in [2.05, 4.69) is 5.32 Å². The summed E-state index contributed by atoms with van der Waals surface area (Å²) in [7, 11) is 0. The average Bonchev–Trinajstić information content (AvgIpc) is 3.22. The van der Waals surface area contributed by atoms with Gasteiger partial charge in [-0.15, -0.1) is 11.3 Å². The van der Waals surface area contributed by atoms with Crippen LogP contribution >= 0.6 is 11.3 Å². The first kappa shape index (κ1) is 19.4. The third-order valence-electron chi connectivity index (χ3n) is 3.68. The number of carbonyl (C=O) groups excluding carboxylic acids is 3. The van der Waals surface area contributed by atoms with E-state index in [0.29, 0.717) is 10.9 Å². The van der Waals surface area contributed by atoms with Gasteiger partial charge in [-0.25, -0.2) is 13.6 Å². The van der Waals surface area contributed by atoms with Crippen molar-refractivity contribution in [1.29, 1.82) is 0 Å². The van der Waals surface area contributed by atoms with E-state index in [9.17, 15) is 23.2 Å². The molecule has 0 aliphatic rings. The number of benzene rings is 2. The van der Waals surface area contributed by atoms with Crippen molar-refractivity contribution in [3.63, 3.8) is 0 Å². The summed E-state index contributed by atoms with van der Waals surface area (Å²) in [5, 5.41) is 3.92. The van der Waals surface area contributed by atoms with Crippen LogP contribution in [0.4, 0.5) is 14.5 Å². The molecular weight excluding hydrogens is 388 g/mol. The van der Waals surface area contributed by atoms with Crippen LogP contribution in [0.15, 0.2) is 60.0 Å². The van der Waals surface area contributed by atoms with Crippen LogP contribution in [-0.2, 0) is 9.53 Å². The molecule has 1 aromatic heterocycles. The minimum absolute atomic E-state index is 0.0154. The Morgan fingerprint density at radius 1 is 0.964 bits per heavy atom. The van der Waals surface area contributed by atoms with Gasteiger partial charge in [0.15, 0.2) is 6.61 Å². The first-order valence-electron chi connectivity index (χ1n) is 8.05. The lowest BCUT2D eigenvalue weighted by atomic mass is 10.0. The van der Waals surface area contributed by atoms with E-state index in [0.717, 1.165) is 12.1 Å². The number of anilines is 1. The number of halogens is 2. The zero-order valence-corrected chi connectivity index (χ0v) is 15.1. The average molecular weight is 401 g/mol. The van der Waals surface area contributed by atoms with Crippen LogP contribution in [0.2, 0.25) is 0 Å². The Balaban J connectivity index is 1.67. The first-order valence-corrected chi connectivity index (χ1v) is 8.93. The quantitative estimate of drug-likeness (QED) is 0.500. The molecule has 3 aromatic rings. The van der Waals surface area contributed by atoms with E-state index in [1.165, 1.54) is 23.5 Å². The van der Waals surface area contributed by atoms with Crippen LogP contribution in [0.3, 0.4) is 0 Å². The molecule has 0 aliphatic heterocycles. The Morgan fingerprint density at radius 2 is 1.71 bits per heavy atom. The molecule has 1 N–H and O–H groups in total. The number of thiophene rings is 1. The van der Waals surface area contributed by atoms with E-state index >= 15 is 0 Å². The lowest BCUT2D eigenvalue weighted by molar-refractivity contribution is -0.119.